The van der Waals surface area contributed by atoms with Gasteiger partial charge in [-0.15, -0.1) is 5.10 Å². The molecule has 3 heterocycles. The number of para-hydroxylation sites is 1. The number of oxazole rings is 1. The van der Waals surface area contributed by atoms with Crippen LogP contribution in [0.25, 0.3) is 27.6 Å². The number of nitrogens with zero attached hydrogens (tertiary/aromatic N) is 4. The first kappa shape index (κ1) is 11.7. The van der Waals surface area contributed by atoms with Crippen molar-refractivity contribution in [3.05, 3.63) is 24.4 Å². The van der Waals surface area contributed by atoms with Crippen molar-refractivity contribution >= 4 is 39.2 Å². The van der Waals surface area contributed by atoms with Gasteiger partial charge in [-0.25, -0.2) is 9.97 Å². The molecule has 3 aromatic heterocycles. The maximum atomic E-state index is 9.78. The van der Waals surface area contributed by atoms with Crippen LogP contribution in [0.15, 0.2) is 33.2 Å². The second kappa shape index (κ2) is 4.22. The Kier molecular flexibility index (Phi) is 2.48. The Labute approximate surface area is 121 Å². The van der Waals surface area contributed by atoms with Gasteiger partial charge < -0.3 is 9.52 Å². The molecule has 0 aliphatic heterocycles. The van der Waals surface area contributed by atoms with E-state index in [1.54, 1.807) is 40.7 Å². The normalized spacial score (nSPS) is 11.7. The van der Waals surface area contributed by atoms with E-state index >= 15 is 0 Å². The van der Waals surface area contributed by atoms with Gasteiger partial charge in [-0.05, 0) is 18.4 Å². The van der Waals surface area contributed by atoms with Gasteiger partial charge in [0.15, 0.2) is 15.4 Å². The summed E-state index contributed by atoms with van der Waals surface area (Å²) in [5.74, 6) is 0.494. The Morgan fingerprint density at radius 1 is 1.40 bits per heavy atom. The van der Waals surface area contributed by atoms with Crippen LogP contribution in [0.1, 0.15) is 0 Å². The zero-order valence-electron chi connectivity index (χ0n) is 10.3. The van der Waals surface area contributed by atoms with Crippen molar-refractivity contribution in [2.75, 3.05) is 6.26 Å². The van der Waals surface area contributed by atoms with Crippen LogP contribution in [-0.2, 0) is 0 Å². The van der Waals surface area contributed by atoms with Crippen LogP contribution in [0, 0.1) is 0 Å². The molecule has 4 rings (SSSR count). The summed E-state index contributed by atoms with van der Waals surface area (Å²) in [5, 5.41) is 14.2. The lowest BCUT2D eigenvalue weighted by Gasteiger charge is -1.89. The zero-order valence-corrected chi connectivity index (χ0v) is 11.9. The monoisotopic (exact) mass is 304 g/mol. The summed E-state index contributed by atoms with van der Waals surface area (Å²) in [6.45, 7) is 0. The van der Waals surface area contributed by atoms with Gasteiger partial charge in [-0.1, -0.05) is 29.2 Å². The Morgan fingerprint density at radius 3 is 3.10 bits per heavy atom. The number of benzene rings is 1. The van der Waals surface area contributed by atoms with Crippen molar-refractivity contribution < 1.29 is 9.52 Å². The predicted molar refractivity (Wildman–Crippen MR) is 77.3 cm³/mol. The second-order valence-electron chi connectivity index (χ2n) is 4.05. The highest BCUT2D eigenvalue weighted by atomic mass is 32.2. The van der Waals surface area contributed by atoms with Gasteiger partial charge in [-0.2, -0.15) is 4.52 Å². The number of thioether (sulfide) groups is 1. The van der Waals surface area contributed by atoms with Crippen molar-refractivity contribution in [1.82, 2.24) is 19.6 Å². The van der Waals surface area contributed by atoms with Gasteiger partial charge in [0.25, 0.3) is 0 Å². The summed E-state index contributed by atoms with van der Waals surface area (Å²) in [6, 6.07) is 5.06. The fourth-order valence-corrected chi connectivity index (χ4v) is 3.28. The third-order valence-corrected chi connectivity index (χ3v) is 4.76. The topological polar surface area (TPSA) is 76.5 Å². The summed E-state index contributed by atoms with van der Waals surface area (Å²) in [7, 11) is 0. The van der Waals surface area contributed by atoms with Crippen LogP contribution in [0.2, 0.25) is 0 Å². The molecule has 0 saturated carbocycles. The van der Waals surface area contributed by atoms with Gasteiger partial charge in [0, 0.05) is 0 Å². The van der Waals surface area contributed by atoms with E-state index in [1.165, 1.54) is 11.3 Å². The molecule has 0 atom stereocenters. The number of phenolic OH excluding ortho intramolecular Hbond substituents is 1. The molecule has 0 aliphatic rings. The molecule has 0 aliphatic carbocycles. The van der Waals surface area contributed by atoms with Gasteiger partial charge >= 0.3 is 0 Å². The molecule has 1 N–H and O–H groups in total. The SMILES string of the molecule is CSc1nn2c(-c3nc4c(O)cccc4o3)cnc2s1. The smallest absolute Gasteiger partial charge is 0.248 e. The van der Waals surface area contributed by atoms with E-state index in [2.05, 4.69) is 15.1 Å². The molecule has 0 amide bonds. The highest BCUT2D eigenvalue weighted by molar-refractivity contribution is 8.00. The summed E-state index contributed by atoms with van der Waals surface area (Å²) < 4.78 is 8.30. The third kappa shape index (κ3) is 1.61. The van der Waals surface area contributed by atoms with Crippen LogP contribution in [0.5, 0.6) is 5.75 Å². The van der Waals surface area contributed by atoms with Crippen molar-refractivity contribution in [3.8, 4) is 17.3 Å². The van der Waals surface area contributed by atoms with Crippen molar-refractivity contribution in [3.63, 3.8) is 0 Å². The number of fused-ring (bicyclic) bond motifs is 2. The summed E-state index contributed by atoms with van der Waals surface area (Å²) in [5.41, 5.74) is 1.65. The summed E-state index contributed by atoms with van der Waals surface area (Å²) in [4.78, 5) is 9.41. The molecule has 4 aromatic rings. The summed E-state index contributed by atoms with van der Waals surface area (Å²) in [6.07, 6.45) is 3.64. The number of phenols is 1. The van der Waals surface area contributed by atoms with Crippen molar-refractivity contribution in [1.29, 1.82) is 0 Å². The fourth-order valence-electron chi connectivity index (χ4n) is 1.95. The highest BCUT2D eigenvalue weighted by Crippen LogP contribution is 2.31. The van der Waals surface area contributed by atoms with Crippen LogP contribution in [0.4, 0.5) is 0 Å². The van der Waals surface area contributed by atoms with Crippen LogP contribution in [0.3, 0.4) is 0 Å². The Balaban J connectivity index is 1.96. The third-order valence-electron chi connectivity index (χ3n) is 2.86. The van der Waals surface area contributed by atoms with E-state index in [4.69, 9.17) is 4.42 Å². The van der Waals surface area contributed by atoms with E-state index in [0.717, 1.165) is 9.30 Å². The van der Waals surface area contributed by atoms with E-state index < -0.39 is 0 Å². The average molecular weight is 304 g/mol. The lowest BCUT2D eigenvalue weighted by molar-refractivity contribution is 0.480. The van der Waals surface area contributed by atoms with Crippen LogP contribution < -0.4 is 0 Å². The maximum Gasteiger partial charge on any atom is 0.248 e. The van der Waals surface area contributed by atoms with Gasteiger partial charge in [-0.3, -0.25) is 0 Å². The van der Waals surface area contributed by atoms with E-state index in [0.29, 0.717) is 22.7 Å². The van der Waals surface area contributed by atoms with Gasteiger partial charge in [0.05, 0.1) is 6.20 Å². The average Bonchev–Trinajstić information content (AvgIpc) is 3.10. The van der Waals surface area contributed by atoms with E-state index in [9.17, 15) is 5.11 Å². The number of imidazole rings is 1. The lowest BCUT2D eigenvalue weighted by atomic mass is 10.3. The Morgan fingerprint density at radius 2 is 2.30 bits per heavy atom. The molecule has 0 saturated heterocycles. The number of aromatic nitrogens is 4. The molecule has 6 nitrogen and oxygen atoms in total. The first-order valence-electron chi connectivity index (χ1n) is 5.74. The summed E-state index contributed by atoms with van der Waals surface area (Å²) >= 11 is 3.07. The quantitative estimate of drug-likeness (QED) is 0.574. The number of hydrogen-bond donors (Lipinski definition) is 1. The fraction of sp³-hybridized carbons (Fsp3) is 0.0833. The van der Waals surface area contributed by atoms with Gasteiger partial charge in [0.1, 0.15) is 11.4 Å². The first-order valence-corrected chi connectivity index (χ1v) is 7.78. The largest absolute Gasteiger partial charge is 0.506 e. The maximum absolute atomic E-state index is 9.78. The van der Waals surface area contributed by atoms with Crippen LogP contribution in [-0.4, -0.2) is 30.9 Å². The Bertz CT molecular complexity index is 924. The number of aromatic hydroxyl groups is 1. The molecule has 0 unspecified atom stereocenters. The lowest BCUT2D eigenvalue weighted by Crippen LogP contribution is -1.88. The van der Waals surface area contributed by atoms with E-state index in [-0.39, 0.29) is 5.75 Å². The molecular formula is C12H8N4O2S2. The van der Waals surface area contributed by atoms with E-state index in [1.807, 2.05) is 6.26 Å². The molecule has 0 bridgehead atoms. The molecule has 0 radical (unpaired) electrons. The first-order chi connectivity index (χ1) is 9.76. The van der Waals surface area contributed by atoms with Crippen molar-refractivity contribution in [2.24, 2.45) is 0 Å². The second-order valence-corrected chi connectivity index (χ2v) is 6.06. The molecule has 100 valence electrons. The molecule has 20 heavy (non-hydrogen) atoms. The molecular weight excluding hydrogens is 296 g/mol. The minimum absolute atomic E-state index is 0.0985. The minimum Gasteiger partial charge on any atom is -0.506 e. The zero-order chi connectivity index (χ0) is 13.7. The molecule has 1 aromatic carbocycles. The van der Waals surface area contributed by atoms with Crippen molar-refractivity contribution in [2.45, 2.75) is 4.34 Å². The van der Waals surface area contributed by atoms with Gasteiger partial charge in [0.2, 0.25) is 10.9 Å². The number of hydrogen-bond acceptors (Lipinski definition) is 7. The standard InChI is InChI=1S/C12H8N4O2S2/c1-19-12-15-16-6(5-13-11(16)20-12)10-14-9-7(17)3-2-4-8(9)18-10/h2-5,17H,1H3. The van der Waals surface area contributed by atoms with Crippen LogP contribution >= 0.6 is 23.1 Å². The number of rotatable bonds is 2. The highest BCUT2D eigenvalue weighted by Gasteiger charge is 2.17. The minimum atomic E-state index is 0.0985. The predicted octanol–water partition coefficient (Wildman–Crippen LogP) is 3.03. The molecule has 8 heteroatoms. The Hall–Kier alpha value is -2.06. The molecule has 0 fully saturated rings. The molecule has 0 spiro atoms.